The third kappa shape index (κ3) is 3.63. The fourth-order valence-corrected chi connectivity index (χ4v) is 5.94. The molecule has 1 unspecified atom stereocenters. The van der Waals surface area contributed by atoms with Crippen LogP contribution in [0.25, 0.3) is 0 Å². The number of amides is 1. The van der Waals surface area contributed by atoms with E-state index in [0.717, 1.165) is 37.1 Å². The van der Waals surface area contributed by atoms with E-state index >= 15 is 0 Å². The summed E-state index contributed by atoms with van der Waals surface area (Å²) >= 11 is 0. The number of nitrogens with zero attached hydrogens (tertiary/aromatic N) is 1. The van der Waals surface area contributed by atoms with Crippen molar-refractivity contribution in [2.24, 2.45) is 0 Å². The standard InChI is InChI=1S/C32H30N2O/c1-22-13-18-28(23(2)20-22)32(21-26-9-3-5-11-29(26)33-32)27-16-14-25(15-17-27)31(35)34-19-7-10-24-8-4-6-12-30(24)34/h3-6,8-9,11-18,20,33H,7,10,19,21H2,1-2H3. The molecule has 2 aliphatic heterocycles. The molecule has 1 atom stereocenters. The van der Waals surface area contributed by atoms with Gasteiger partial charge in [0.25, 0.3) is 5.91 Å². The van der Waals surface area contributed by atoms with Gasteiger partial charge >= 0.3 is 0 Å². The van der Waals surface area contributed by atoms with Gasteiger partial charge in [0, 0.05) is 29.9 Å². The number of anilines is 2. The maximum atomic E-state index is 13.5. The van der Waals surface area contributed by atoms with Gasteiger partial charge in [0.05, 0.1) is 5.54 Å². The molecule has 0 bridgehead atoms. The van der Waals surface area contributed by atoms with Crippen LogP contribution in [-0.2, 0) is 18.4 Å². The minimum absolute atomic E-state index is 0.0759. The lowest BCUT2D eigenvalue weighted by atomic mass is 9.78. The number of aryl methyl sites for hydroxylation is 3. The maximum Gasteiger partial charge on any atom is 0.258 e. The van der Waals surface area contributed by atoms with Crippen LogP contribution in [0.4, 0.5) is 11.4 Å². The smallest absolute Gasteiger partial charge is 0.258 e. The molecule has 0 fully saturated rings. The van der Waals surface area contributed by atoms with Crippen LogP contribution in [0.15, 0.2) is 91.0 Å². The Morgan fingerprint density at radius 2 is 1.60 bits per heavy atom. The van der Waals surface area contributed by atoms with E-state index in [0.29, 0.717) is 0 Å². The third-order valence-corrected chi connectivity index (χ3v) is 7.64. The van der Waals surface area contributed by atoms with Crippen molar-refractivity contribution in [3.8, 4) is 0 Å². The molecule has 0 radical (unpaired) electrons. The highest BCUT2D eigenvalue weighted by atomic mass is 16.2. The number of para-hydroxylation sites is 2. The topological polar surface area (TPSA) is 32.3 Å². The second kappa shape index (κ2) is 8.42. The summed E-state index contributed by atoms with van der Waals surface area (Å²) < 4.78 is 0. The van der Waals surface area contributed by atoms with Crippen LogP contribution in [-0.4, -0.2) is 12.5 Å². The summed E-state index contributed by atoms with van der Waals surface area (Å²) in [5.41, 5.74) is 10.2. The van der Waals surface area contributed by atoms with Gasteiger partial charge in [0.15, 0.2) is 0 Å². The fraction of sp³-hybridized carbons (Fsp3) is 0.219. The average Bonchev–Trinajstić information content (AvgIpc) is 3.28. The number of nitrogens with one attached hydrogen (secondary N) is 1. The molecule has 2 heterocycles. The van der Waals surface area contributed by atoms with E-state index in [1.807, 2.05) is 23.1 Å². The van der Waals surface area contributed by atoms with Gasteiger partial charge in [-0.05, 0) is 78.8 Å². The van der Waals surface area contributed by atoms with Gasteiger partial charge < -0.3 is 10.2 Å². The first-order valence-electron chi connectivity index (χ1n) is 12.5. The van der Waals surface area contributed by atoms with Gasteiger partial charge in [-0.3, -0.25) is 4.79 Å². The summed E-state index contributed by atoms with van der Waals surface area (Å²) in [7, 11) is 0. The molecule has 0 aromatic heterocycles. The minimum Gasteiger partial charge on any atom is -0.371 e. The number of hydrogen-bond donors (Lipinski definition) is 1. The molecule has 6 rings (SSSR count). The fourth-order valence-electron chi connectivity index (χ4n) is 5.94. The van der Waals surface area contributed by atoms with Crippen molar-refractivity contribution in [2.45, 2.75) is 38.6 Å². The molecule has 1 amide bonds. The maximum absolute atomic E-state index is 13.5. The summed E-state index contributed by atoms with van der Waals surface area (Å²) in [5.74, 6) is 0.0759. The van der Waals surface area contributed by atoms with E-state index in [2.05, 4.69) is 92.0 Å². The first-order valence-corrected chi connectivity index (χ1v) is 12.5. The molecule has 3 heteroatoms. The van der Waals surface area contributed by atoms with Crippen LogP contribution >= 0.6 is 0 Å². The predicted molar refractivity (Wildman–Crippen MR) is 143 cm³/mol. The Bertz CT molecular complexity index is 1390. The highest BCUT2D eigenvalue weighted by molar-refractivity contribution is 6.06. The molecule has 3 nitrogen and oxygen atoms in total. The first kappa shape index (κ1) is 21.7. The SMILES string of the molecule is Cc1ccc(C2(c3ccc(C(=O)N4CCCc5ccccc54)cc3)Cc3ccccc3N2)c(C)c1. The Morgan fingerprint density at radius 1 is 0.857 bits per heavy atom. The second-order valence-electron chi connectivity index (χ2n) is 9.95. The van der Waals surface area contributed by atoms with E-state index in [-0.39, 0.29) is 11.4 Å². The van der Waals surface area contributed by atoms with E-state index in [4.69, 9.17) is 0 Å². The van der Waals surface area contributed by atoms with Crippen LogP contribution in [0.5, 0.6) is 0 Å². The first-order chi connectivity index (χ1) is 17.0. The molecule has 1 N–H and O–H groups in total. The number of hydrogen-bond acceptors (Lipinski definition) is 2. The molecule has 0 spiro atoms. The Morgan fingerprint density at radius 3 is 2.37 bits per heavy atom. The lowest BCUT2D eigenvalue weighted by Gasteiger charge is -2.34. The number of carbonyl (C=O) groups excluding carboxylic acids is 1. The number of rotatable bonds is 3. The molecule has 35 heavy (non-hydrogen) atoms. The van der Waals surface area contributed by atoms with Crippen LogP contribution < -0.4 is 10.2 Å². The van der Waals surface area contributed by atoms with Crippen molar-refractivity contribution >= 4 is 17.3 Å². The Hall–Kier alpha value is -3.85. The van der Waals surface area contributed by atoms with Gasteiger partial charge in [-0.2, -0.15) is 0 Å². The minimum atomic E-state index is -0.360. The van der Waals surface area contributed by atoms with E-state index in [9.17, 15) is 4.79 Å². The van der Waals surface area contributed by atoms with Crippen molar-refractivity contribution in [2.75, 3.05) is 16.8 Å². The molecular formula is C32H30N2O. The molecule has 2 aliphatic rings. The highest BCUT2D eigenvalue weighted by Gasteiger charge is 2.41. The van der Waals surface area contributed by atoms with E-state index in [1.54, 1.807) is 0 Å². The van der Waals surface area contributed by atoms with Crippen LogP contribution in [0.1, 0.15) is 50.2 Å². The molecule has 0 saturated carbocycles. The van der Waals surface area contributed by atoms with Crippen molar-refractivity contribution in [3.05, 3.63) is 130 Å². The monoisotopic (exact) mass is 458 g/mol. The summed E-state index contributed by atoms with van der Waals surface area (Å²) in [6, 6.07) is 31.8. The van der Waals surface area contributed by atoms with E-state index in [1.165, 1.54) is 39.1 Å². The normalized spacial score (nSPS) is 18.5. The molecular weight excluding hydrogens is 428 g/mol. The lowest BCUT2D eigenvalue weighted by Crippen LogP contribution is -2.36. The number of benzene rings is 4. The van der Waals surface area contributed by atoms with Crippen molar-refractivity contribution < 1.29 is 4.79 Å². The highest BCUT2D eigenvalue weighted by Crippen LogP contribution is 2.45. The molecule has 0 saturated heterocycles. The summed E-state index contributed by atoms with van der Waals surface area (Å²) in [6.45, 7) is 5.10. The molecule has 0 aliphatic carbocycles. The Kier molecular flexibility index (Phi) is 5.21. The van der Waals surface area contributed by atoms with Crippen molar-refractivity contribution in [3.63, 3.8) is 0 Å². The largest absolute Gasteiger partial charge is 0.371 e. The summed E-state index contributed by atoms with van der Waals surface area (Å²) in [5, 5.41) is 3.87. The van der Waals surface area contributed by atoms with Gasteiger partial charge in [0.2, 0.25) is 0 Å². The van der Waals surface area contributed by atoms with Crippen molar-refractivity contribution in [1.82, 2.24) is 0 Å². The Balaban J connectivity index is 1.39. The van der Waals surface area contributed by atoms with Crippen molar-refractivity contribution in [1.29, 1.82) is 0 Å². The van der Waals surface area contributed by atoms with Crippen LogP contribution in [0.3, 0.4) is 0 Å². The van der Waals surface area contributed by atoms with Gasteiger partial charge in [-0.15, -0.1) is 0 Å². The number of fused-ring (bicyclic) bond motifs is 2. The molecule has 4 aromatic rings. The average molecular weight is 459 g/mol. The number of carbonyl (C=O) groups is 1. The quantitative estimate of drug-likeness (QED) is 0.366. The molecule has 4 aromatic carbocycles. The van der Waals surface area contributed by atoms with Crippen LogP contribution in [0.2, 0.25) is 0 Å². The van der Waals surface area contributed by atoms with Gasteiger partial charge in [-0.1, -0.05) is 72.3 Å². The van der Waals surface area contributed by atoms with Gasteiger partial charge in [0.1, 0.15) is 0 Å². The zero-order valence-electron chi connectivity index (χ0n) is 20.3. The Labute approximate surface area is 207 Å². The van der Waals surface area contributed by atoms with E-state index < -0.39 is 0 Å². The summed E-state index contributed by atoms with van der Waals surface area (Å²) in [4.78, 5) is 15.5. The zero-order chi connectivity index (χ0) is 24.0. The lowest BCUT2D eigenvalue weighted by molar-refractivity contribution is 0.0985. The molecule has 174 valence electrons. The van der Waals surface area contributed by atoms with Crippen LogP contribution in [0, 0.1) is 13.8 Å². The van der Waals surface area contributed by atoms with Gasteiger partial charge in [-0.25, -0.2) is 0 Å². The second-order valence-corrected chi connectivity index (χ2v) is 9.95. The summed E-state index contributed by atoms with van der Waals surface area (Å²) in [6.07, 6.45) is 2.90. The third-order valence-electron chi connectivity index (χ3n) is 7.64. The predicted octanol–water partition coefficient (Wildman–Crippen LogP) is 6.81. The zero-order valence-corrected chi connectivity index (χ0v) is 20.3.